The summed E-state index contributed by atoms with van der Waals surface area (Å²) in [5.41, 5.74) is 2.37. The number of hydrogen-bond donors (Lipinski definition) is 1. The topological polar surface area (TPSA) is 85.6 Å². The lowest BCUT2D eigenvalue weighted by molar-refractivity contribution is -0.116. The third-order valence-electron chi connectivity index (χ3n) is 4.93. The first kappa shape index (κ1) is 21.2. The summed E-state index contributed by atoms with van der Waals surface area (Å²) in [7, 11) is 4.82. The lowest BCUT2D eigenvalue weighted by Gasteiger charge is -2.14. The number of carbonyl (C=O) groups excluding carboxylic acids is 2. The molecule has 0 aliphatic carbocycles. The Morgan fingerprint density at radius 3 is 2.33 bits per heavy atom. The summed E-state index contributed by atoms with van der Waals surface area (Å²) in [6, 6.07) is 12.4. The number of carbonyl (C=O) groups is 2. The van der Waals surface area contributed by atoms with Crippen molar-refractivity contribution in [1.82, 2.24) is 14.0 Å². The predicted molar refractivity (Wildman–Crippen MR) is 116 cm³/mol. The number of nitrogens with zero attached hydrogens (tertiary/aromatic N) is 3. The summed E-state index contributed by atoms with van der Waals surface area (Å²) in [5, 5.41) is 2.80. The molecule has 0 saturated heterocycles. The van der Waals surface area contributed by atoms with Gasteiger partial charge in [-0.05, 0) is 37.3 Å². The lowest BCUT2D eigenvalue weighted by atomic mass is 10.1. The summed E-state index contributed by atoms with van der Waals surface area (Å²) >= 11 is 0. The molecule has 30 heavy (non-hydrogen) atoms. The zero-order valence-corrected chi connectivity index (χ0v) is 17.6. The minimum atomic E-state index is -0.275. The highest BCUT2D eigenvalue weighted by molar-refractivity contribution is 5.98. The van der Waals surface area contributed by atoms with Crippen molar-refractivity contribution in [1.29, 1.82) is 0 Å². The fourth-order valence-corrected chi connectivity index (χ4v) is 3.42. The van der Waals surface area contributed by atoms with Crippen LogP contribution in [0.5, 0.6) is 5.75 Å². The zero-order chi connectivity index (χ0) is 21.8. The Hall–Kier alpha value is -3.55. The maximum absolute atomic E-state index is 12.7. The van der Waals surface area contributed by atoms with E-state index in [1.54, 1.807) is 41.4 Å². The maximum atomic E-state index is 12.7. The van der Waals surface area contributed by atoms with Gasteiger partial charge in [-0.1, -0.05) is 12.1 Å². The first-order chi connectivity index (χ1) is 14.4. The van der Waals surface area contributed by atoms with Crippen molar-refractivity contribution in [2.45, 2.75) is 26.4 Å². The van der Waals surface area contributed by atoms with E-state index in [0.717, 1.165) is 11.0 Å². The van der Waals surface area contributed by atoms with Crippen molar-refractivity contribution >= 4 is 28.5 Å². The first-order valence-electron chi connectivity index (χ1n) is 9.75. The number of para-hydroxylation sites is 2. The van der Waals surface area contributed by atoms with E-state index < -0.39 is 0 Å². The van der Waals surface area contributed by atoms with Crippen LogP contribution >= 0.6 is 0 Å². The number of rotatable bonds is 7. The number of aromatic nitrogens is 2. The molecule has 0 fully saturated rings. The van der Waals surface area contributed by atoms with E-state index in [2.05, 4.69) is 5.32 Å². The van der Waals surface area contributed by atoms with Crippen molar-refractivity contribution in [2.24, 2.45) is 0 Å². The van der Waals surface area contributed by atoms with Crippen molar-refractivity contribution in [3.8, 4) is 5.75 Å². The average Bonchev–Trinajstić information content (AvgIpc) is 3.02. The SMILES string of the molecule is CCn1c(=O)n(CCC(=O)Nc2cc(C(=O)N(C)C)ccc2OC)c2ccccc21. The van der Waals surface area contributed by atoms with Gasteiger partial charge in [0.25, 0.3) is 5.91 Å². The molecular formula is C22H26N4O4. The van der Waals surface area contributed by atoms with Gasteiger partial charge in [0.15, 0.2) is 0 Å². The molecule has 158 valence electrons. The average molecular weight is 410 g/mol. The monoisotopic (exact) mass is 410 g/mol. The summed E-state index contributed by atoms with van der Waals surface area (Å²) in [6.45, 7) is 2.72. The number of aryl methyl sites for hydroxylation is 2. The van der Waals surface area contributed by atoms with E-state index >= 15 is 0 Å². The smallest absolute Gasteiger partial charge is 0.329 e. The molecule has 1 N–H and O–H groups in total. The van der Waals surface area contributed by atoms with Gasteiger partial charge in [0, 0.05) is 39.2 Å². The Balaban J connectivity index is 1.80. The fourth-order valence-electron chi connectivity index (χ4n) is 3.42. The van der Waals surface area contributed by atoms with Crippen molar-refractivity contribution < 1.29 is 14.3 Å². The Morgan fingerprint density at radius 1 is 1.07 bits per heavy atom. The minimum absolute atomic E-state index is 0.104. The molecular weight excluding hydrogens is 384 g/mol. The summed E-state index contributed by atoms with van der Waals surface area (Å²) in [4.78, 5) is 39.0. The third kappa shape index (κ3) is 4.07. The normalized spacial score (nSPS) is 10.8. The molecule has 0 bridgehead atoms. The van der Waals surface area contributed by atoms with Gasteiger partial charge in [-0.2, -0.15) is 0 Å². The molecule has 1 aromatic heterocycles. The highest BCUT2D eigenvalue weighted by Gasteiger charge is 2.16. The molecule has 3 rings (SSSR count). The van der Waals surface area contributed by atoms with E-state index in [1.165, 1.54) is 12.0 Å². The van der Waals surface area contributed by atoms with Gasteiger partial charge in [-0.15, -0.1) is 0 Å². The Kier molecular flexibility index (Phi) is 6.25. The minimum Gasteiger partial charge on any atom is -0.495 e. The number of methoxy groups -OCH3 is 1. The predicted octanol–water partition coefficient (Wildman–Crippen LogP) is 2.56. The molecule has 8 nitrogen and oxygen atoms in total. The van der Waals surface area contributed by atoms with Crippen LogP contribution in [-0.4, -0.2) is 47.1 Å². The van der Waals surface area contributed by atoms with Crippen molar-refractivity contribution in [3.05, 3.63) is 58.5 Å². The van der Waals surface area contributed by atoms with E-state index in [1.807, 2.05) is 31.2 Å². The first-order valence-corrected chi connectivity index (χ1v) is 9.75. The molecule has 0 saturated carbocycles. The van der Waals surface area contributed by atoms with Gasteiger partial charge < -0.3 is 15.0 Å². The molecule has 0 radical (unpaired) electrons. The van der Waals surface area contributed by atoms with Crippen LogP contribution in [0.2, 0.25) is 0 Å². The number of anilines is 1. The second kappa shape index (κ2) is 8.86. The van der Waals surface area contributed by atoms with Crippen LogP contribution in [0.3, 0.4) is 0 Å². The largest absolute Gasteiger partial charge is 0.495 e. The van der Waals surface area contributed by atoms with E-state index in [9.17, 15) is 14.4 Å². The van der Waals surface area contributed by atoms with Crippen LogP contribution < -0.4 is 15.7 Å². The molecule has 0 unspecified atom stereocenters. The second-order valence-electron chi connectivity index (χ2n) is 7.08. The highest BCUT2D eigenvalue weighted by Crippen LogP contribution is 2.26. The van der Waals surface area contributed by atoms with Gasteiger partial charge in [0.05, 0.1) is 23.8 Å². The van der Waals surface area contributed by atoms with E-state index in [-0.39, 0.29) is 30.5 Å². The number of amides is 2. The Morgan fingerprint density at radius 2 is 1.73 bits per heavy atom. The number of fused-ring (bicyclic) bond motifs is 1. The molecule has 0 spiro atoms. The molecule has 1 heterocycles. The molecule has 2 aromatic carbocycles. The molecule has 0 aliphatic rings. The van der Waals surface area contributed by atoms with Crippen molar-refractivity contribution in [2.75, 3.05) is 26.5 Å². The van der Waals surface area contributed by atoms with E-state index in [0.29, 0.717) is 23.5 Å². The van der Waals surface area contributed by atoms with E-state index in [4.69, 9.17) is 4.74 Å². The fraction of sp³-hybridized carbons (Fsp3) is 0.318. The maximum Gasteiger partial charge on any atom is 0.329 e. The molecule has 8 heteroatoms. The molecule has 3 aromatic rings. The summed E-state index contributed by atoms with van der Waals surface area (Å²) in [5.74, 6) is 0.00784. The number of benzene rings is 2. The molecule has 0 atom stereocenters. The highest BCUT2D eigenvalue weighted by atomic mass is 16.5. The lowest BCUT2D eigenvalue weighted by Crippen LogP contribution is -2.26. The Bertz CT molecular complexity index is 1140. The number of nitrogens with one attached hydrogen (secondary N) is 1. The van der Waals surface area contributed by atoms with Gasteiger partial charge in [-0.3, -0.25) is 18.7 Å². The summed E-state index contributed by atoms with van der Waals surface area (Å²) < 4.78 is 8.60. The third-order valence-corrected chi connectivity index (χ3v) is 4.93. The molecule has 0 aliphatic heterocycles. The van der Waals surface area contributed by atoms with Gasteiger partial charge in [0.1, 0.15) is 5.75 Å². The quantitative estimate of drug-likeness (QED) is 0.649. The van der Waals surface area contributed by atoms with Crippen LogP contribution in [-0.2, 0) is 17.9 Å². The Labute approximate surface area is 174 Å². The molecule has 2 amide bonds. The van der Waals surface area contributed by atoms with Crippen LogP contribution in [0.1, 0.15) is 23.7 Å². The number of hydrogen-bond acceptors (Lipinski definition) is 4. The van der Waals surface area contributed by atoms with Gasteiger partial charge in [-0.25, -0.2) is 4.79 Å². The van der Waals surface area contributed by atoms with Crippen LogP contribution in [0.25, 0.3) is 11.0 Å². The standard InChI is InChI=1S/C22H26N4O4/c1-5-25-17-8-6-7-9-18(17)26(22(25)29)13-12-20(27)23-16-14-15(21(28)24(2)3)10-11-19(16)30-4/h6-11,14H,5,12-13H2,1-4H3,(H,23,27). The summed E-state index contributed by atoms with van der Waals surface area (Å²) in [6.07, 6.45) is 0.104. The van der Waals surface area contributed by atoms with Gasteiger partial charge >= 0.3 is 5.69 Å². The van der Waals surface area contributed by atoms with Crippen molar-refractivity contribution in [3.63, 3.8) is 0 Å². The number of ether oxygens (including phenoxy) is 1. The zero-order valence-electron chi connectivity index (χ0n) is 17.6. The second-order valence-corrected chi connectivity index (χ2v) is 7.08. The van der Waals surface area contributed by atoms with Crippen LogP contribution in [0.15, 0.2) is 47.3 Å². The van der Waals surface area contributed by atoms with Gasteiger partial charge in [0.2, 0.25) is 5.91 Å². The number of imidazole rings is 1. The van der Waals surface area contributed by atoms with Crippen LogP contribution in [0.4, 0.5) is 5.69 Å². The van der Waals surface area contributed by atoms with Crippen LogP contribution in [0, 0.1) is 0 Å².